The highest BCUT2D eigenvalue weighted by atomic mass is 79.9. The molecule has 0 spiro atoms. The maximum Gasteiger partial charge on any atom is 0.261 e. The van der Waals surface area contributed by atoms with Crippen LogP contribution in [-0.2, 0) is 11.2 Å². The zero-order valence-electron chi connectivity index (χ0n) is 18.2. The number of benzene rings is 1. The van der Waals surface area contributed by atoms with Crippen molar-refractivity contribution >= 4 is 41.2 Å². The van der Waals surface area contributed by atoms with Crippen molar-refractivity contribution in [1.82, 2.24) is 24.8 Å². The third-order valence-electron chi connectivity index (χ3n) is 4.82. The molecule has 0 aliphatic heterocycles. The van der Waals surface area contributed by atoms with Gasteiger partial charge in [0.25, 0.3) is 5.91 Å². The molecule has 8 nitrogen and oxygen atoms in total. The van der Waals surface area contributed by atoms with Gasteiger partial charge in [-0.3, -0.25) is 9.89 Å². The lowest BCUT2D eigenvalue weighted by Gasteiger charge is -2.23. The van der Waals surface area contributed by atoms with Crippen LogP contribution in [0.3, 0.4) is 0 Å². The highest BCUT2D eigenvalue weighted by Crippen LogP contribution is 2.28. The number of H-pyrrole nitrogens is 1. The minimum Gasteiger partial charge on any atom is -0.376 e. The van der Waals surface area contributed by atoms with Crippen LogP contribution in [0.25, 0.3) is 5.65 Å². The molecule has 4 rings (SSSR count). The molecule has 2 N–H and O–H groups in total. The van der Waals surface area contributed by atoms with E-state index in [1.807, 2.05) is 12.1 Å². The first-order chi connectivity index (χ1) is 15.3. The third kappa shape index (κ3) is 5.32. The van der Waals surface area contributed by atoms with Crippen molar-refractivity contribution in [3.63, 3.8) is 0 Å². The summed E-state index contributed by atoms with van der Waals surface area (Å²) >= 11 is 3.55. The molecule has 166 valence electrons. The molecule has 3 aromatic heterocycles. The van der Waals surface area contributed by atoms with E-state index < -0.39 is 8.07 Å². The quantitative estimate of drug-likeness (QED) is 0.335. The predicted octanol–water partition coefficient (Wildman–Crippen LogP) is 4.65. The Labute approximate surface area is 195 Å². The van der Waals surface area contributed by atoms with Gasteiger partial charge in [0, 0.05) is 29.5 Å². The number of fused-ring (bicyclic) bond motifs is 1. The number of rotatable bonds is 8. The second-order valence-electron chi connectivity index (χ2n) is 8.78. The molecule has 0 aliphatic carbocycles. The Bertz CT molecular complexity index is 1230. The minimum atomic E-state index is -1.42. The van der Waals surface area contributed by atoms with Crippen molar-refractivity contribution in [1.29, 1.82) is 0 Å². The van der Waals surface area contributed by atoms with E-state index in [0.717, 1.165) is 22.0 Å². The molecule has 0 saturated heterocycles. The third-order valence-corrected chi connectivity index (χ3v) is 6.34. The van der Waals surface area contributed by atoms with Crippen LogP contribution in [0.15, 0.2) is 59.6 Å². The fraction of sp³-hybridized carbons (Fsp3) is 0.273. The van der Waals surface area contributed by atoms with Crippen LogP contribution in [-0.4, -0.2) is 45.0 Å². The summed E-state index contributed by atoms with van der Waals surface area (Å²) < 4.78 is 8.93. The largest absolute Gasteiger partial charge is 0.376 e. The zero-order valence-corrected chi connectivity index (χ0v) is 20.8. The monoisotopic (exact) mass is 512 g/mol. The molecule has 32 heavy (non-hydrogen) atoms. The van der Waals surface area contributed by atoms with Crippen molar-refractivity contribution in [2.45, 2.75) is 32.2 Å². The number of hydrogen-bond acceptors (Lipinski definition) is 5. The summed E-state index contributed by atoms with van der Waals surface area (Å²) in [7, 11) is -1.42. The van der Waals surface area contributed by atoms with Crippen LogP contribution in [0.5, 0.6) is 0 Å². The van der Waals surface area contributed by atoms with Crippen LogP contribution in [0.2, 0.25) is 19.6 Å². The van der Waals surface area contributed by atoms with E-state index in [1.165, 1.54) is 6.20 Å². The molecule has 0 fully saturated rings. The topological polar surface area (TPSA) is 97.2 Å². The van der Waals surface area contributed by atoms with E-state index in [1.54, 1.807) is 29.2 Å². The van der Waals surface area contributed by atoms with Gasteiger partial charge in [-0.2, -0.15) is 10.2 Å². The molecule has 1 unspecified atom stereocenters. The number of nitrogens with one attached hydrogen (secondary N) is 2. The van der Waals surface area contributed by atoms with Crippen molar-refractivity contribution in [2.75, 3.05) is 11.5 Å². The second kappa shape index (κ2) is 9.35. The molecule has 0 aliphatic rings. The molecular formula is C22H25BrN6O2Si. The number of aromatic amines is 1. The lowest BCUT2D eigenvalue weighted by atomic mass is 10.0. The van der Waals surface area contributed by atoms with Crippen LogP contribution in [0, 0.1) is 0 Å². The first kappa shape index (κ1) is 22.4. The summed E-state index contributed by atoms with van der Waals surface area (Å²) in [4.78, 5) is 17.2. The van der Waals surface area contributed by atoms with E-state index in [-0.39, 0.29) is 12.0 Å². The van der Waals surface area contributed by atoms with Gasteiger partial charge in [0.2, 0.25) is 0 Å². The second-order valence-corrected chi connectivity index (χ2v) is 15.1. The summed E-state index contributed by atoms with van der Waals surface area (Å²) in [6.45, 7) is 6.82. The Kier molecular flexibility index (Phi) is 6.54. The van der Waals surface area contributed by atoms with Gasteiger partial charge in [-0.1, -0.05) is 47.7 Å². The van der Waals surface area contributed by atoms with E-state index in [4.69, 9.17) is 4.74 Å². The van der Waals surface area contributed by atoms with Crippen molar-refractivity contribution in [3.05, 3.63) is 76.4 Å². The molecule has 1 atom stereocenters. The minimum absolute atomic E-state index is 0.172. The van der Waals surface area contributed by atoms with E-state index in [2.05, 4.69) is 73.3 Å². The lowest BCUT2D eigenvalue weighted by Crippen LogP contribution is -2.29. The average molecular weight is 513 g/mol. The number of aromatic nitrogens is 5. The van der Waals surface area contributed by atoms with Crippen LogP contribution in [0.4, 0.5) is 5.69 Å². The zero-order chi connectivity index (χ0) is 22.7. The van der Waals surface area contributed by atoms with Gasteiger partial charge >= 0.3 is 0 Å². The maximum atomic E-state index is 12.9. The van der Waals surface area contributed by atoms with Gasteiger partial charge in [-0.05, 0) is 23.8 Å². The summed E-state index contributed by atoms with van der Waals surface area (Å²) in [6, 6.07) is 9.87. The fourth-order valence-electron chi connectivity index (χ4n) is 3.27. The van der Waals surface area contributed by atoms with Crippen LogP contribution >= 0.6 is 15.9 Å². The molecule has 1 aromatic carbocycles. The molecule has 3 heterocycles. The smallest absolute Gasteiger partial charge is 0.261 e. The van der Waals surface area contributed by atoms with Crippen molar-refractivity contribution in [3.8, 4) is 0 Å². The summed E-state index contributed by atoms with van der Waals surface area (Å²) in [5.41, 5.74) is 3.37. The van der Waals surface area contributed by atoms with Crippen molar-refractivity contribution in [2.24, 2.45) is 0 Å². The Balaban J connectivity index is 1.55. The normalized spacial score (nSPS) is 12.8. The molecule has 10 heteroatoms. The van der Waals surface area contributed by atoms with E-state index in [0.29, 0.717) is 23.3 Å². The molecule has 0 bridgehead atoms. The molecule has 0 radical (unpaired) electrons. The number of hydrogen-bond donors (Lipinski definition) is 2. The first-order valence-corrected chi connectivity index (χ1v) is 14.8. The van der Waals surface area contributed by atoms with Gasteiger partial charge in [-0.15, -0.1) is 0 Å². The summed E-state index contributed by atoms with van der Waals surface area (Å²) in [5, 5.41) is 14.3. The predicted molar refractivity (Wildman–Crippen MR) is 129 cm³/mol. The number of carbonyl (C=O) groups excluding carboxylic acids is 1. The number of ether oxygens (including phenoxy) is 1. The SMILES string of the molecule is C[Si](C)(C)COC(Cc1[nH]ncc1NC(=O)c1cnn2cccnc12)c1cccc(Br)c1. The van der Waals surface area contributed by atoms with Crippen LogP contribution < -0.4 is 5.32 Å². The van der Waals surface area contributed by atoms with Crippen LogP contribution in [0.1, 0.15) is 27.7 Å². The number of halogens is 1. The summed E-state index contributed by atoms with van der Waals surface area (Å²) in [6.07, 6.45) is 7.62. The number of carbonyl (C=O) groups is 1. The Morgan fingerprint density at radius 2 is 2.12 bits per heavy atom. The lowest BCUT2D eigenvalue weighted by molar-refractivity contribution is 0.0822. The van der Waals surface area contributed by atoms with Gasteiger partial charge in [0.15, 0.2) is 5.65 Å². The number of amides is 1. The maximum absolute atomic E-state index is 12.9. The molecular weight excluding hydrogens is 488 g/mol. The fourth-order valence-corrected chi connectivity index (χ4v) is 4.39. The van der Waals surface area contributed by atoms with E-state index in [9.17, 15) is 4.79 Å². The standard InChI is InChI=1S/C22H25BrN6O2Si/c1-32(2,3)14-31-20(15-6-4-7-16(23)10-15)11-18-19(13-25-28-18)27-22(30)17-12-26-29-9-5-8-24-21(17)29/h4-10,12-13,20H,11,14H2,1-3H3,(H,25,28)(H,27,30). The number of anilines is 1. The number of nitrogens with zero attached hydrogens (tertiary/aromatic N) is 4. The first-order valence-electron chi connectivity index (χ1n) is 10.3. The van der Waals surface area contributed by atoms with Gasteiger partial charge in [0.1, 0.15) is 5.56 Å². The Morgan fingerprint density at radius 3 is 2.91 bits per heavy atom. The van der Waals surface area contributed by atoms with Crippen molar-refractivity contribution < 1.29 is 9.53 Å². The summed E-state index contributed by atoms with van der Waals surface area (Å²) in [5.74, 6) is -0.289. The van der Waals surface area contributed by atoms with E-state index >= 15 is 0 Å². The van der Waals surface area contributed by atoms with Gasteiger partial charge in [-0.25, -0.2) is 9.50 Å². The molecule has 1 amide bonds. The average Bonchev–Trinajstić information content (AvgIpc) is 3.37. The molecule has 0 saturated carbocycles. The molecule has 4 aromatic rings. The Hall–Kier alpha value is -2.82. The Morgan fingerprint density at radius 1 is 1.28 bits per heavy atom. The van der Waals surface area contributed by atoms with Gasteiger partial charge in [0.05, 0.1) is 38.0 Å². The highest BCUT2D eigenvalue weighted by molar-refractivity contribution is 9.10. The van der Waals surface area contributed by atoms with Gasteiger partial charge < -0.3 is 10.1 Å². The highest BCUT2D eigenvalue weighted by Gasteiger charge is 2.22.